The van der Waals surface area contributed by atoms with Gasteiger partial charge in [0, 0.05) is 19.5 Å². The van der Waals surface area contributed by atoms with Gasteiger partial charge in [-0.25, -0.2) is 5.48 Å². The van der Waals surface area contributed by atoms with Crippen LogP contribution in [0.25, 0.3) is 0 Å². The number of hydrogen-bond acceptors (Lipinski definition) is 3. The van der Waals surface area contributed by atoms with Crippen molar-refractivity contribution in [3.8, 4) is 0 Å². The summed E-state index contributed by atoms with van der Waals surface area (Å²) >= 11 is 0. The Balaban J connectivity index is 3.45. The predicted molar refractivity (Wildman–Crippen MR) is 46.8 cm³/mol. The van der Waals surface area contributed by atoms with E-state index in [4.69, 9.17) is 5.21 Å². The molecule has 1 amide bonds. The summed E-state index contributed by atoms with van der Waals surface area (Å²) < 4.78 is 0. The van der Waals surface area contributed by atoms with Gasteiger partial charge in [-0.3, -0.25) is 4.79 Å². The van der Waals surface area contributed by atoms with E-state index < -0.39 is 0 Å². The fourth-order valence-corrected chi connectivity index (χ4v) is 1.06. The first-order valence-electron chi connectivity index (χ1n) is 4.20. The number of carbonyl (C=O) groups excluding carboxylic acids is 1. The number of nitrogens with one attached hydrogen (secondary N) is 2. The van der Waals surface area contributed by atoms with Crippen LogP contribution in [0.5, 0.6) is 0 Å². The number of rotatable bonds is 5. The van der Waals surface area contributed by atoms with Crippen LogP contribution in [0.2, 0.25) is 0 Å². The van der Waals surface area contributed by atoms with Crippen molar-refractivity contribution >= 4 is 5.91 Å². The lowest BCUT2D eigenvalue weighted by Gasteiger charge is -2.15. The van der Waals surface area contributed by atoms with Crippen LogP contribution in [0.15, 0.2) is 0 Å². The largest absolute Gasteiger partial charge is 0.356 e. The lowest BCUT2D eigenvalue weighted by atomic mass is 10.0. The maximum atomic E-state index is 10.5. The molecule has 0 bridgehead atoms. The Morgan fingerprint density at radius 3 is 2.50 bits per heavy atom. The molecule has 0 aromatic rings. The molecular formula is C8H18N2O2. The highest BCUT2D eigenvalue weighted by atomic mass is 16.5. The van der Waals surface area contributed by atoms with Crippen LogP contribution in [0.4, 0.5) is 0 Å². The molecule has 0 aromatic carbocycles. The summed E-state index contributed by atoms with van der Waals surface area (Å²) in [5.74, 6) is 0.370. The molecule has 2 unspecified atom stereocenters. The summed E-state index contributed by atoms with van der Waals surface area (Å²) in [5.41, 5.74) is 2.17. The number of carbonyl (C=O) groups is 1. The van der Waals surface area contributed by atoms with Crippen molar-refractivity contribution in [2.45, 2.75) is 33.2 Å². The molecule has 2 atom stereocenters. The van der Waals surface area contributed by atoms with Gasteiger partial charge >= 0.3 is 0 Å². The van der Waals surface area contributed by atoms with Gasteiger partial charge in [-0.2, -0.15) is 0 Å². The average molecular weight is 174 g/mol. The molecule has 0 saturated heterocycles. The molecule has 0 spiro atoms. The van der Waals surface area contributed by atoms with Crippen molar-refractivity contribution in [3.05, 3.63) is 0 Å². The molecule has 72 valence electrons. The molecule has 0 radical (unpaired) electrons. The van der Waals surface area contributed by atoms with Gasteiger partial charge in [-0.05, 0) is 19.3 Å². The summed E-state index contributed by atoms with van der Waals surface area (Å²) in [4.78, 5) is 10.5. The van der Waals surface area contributed by atoms with E-state index in [0.29, 0.717) is 12.5 Å². The topological polar surface area (TPSA) is 61.4 Å². The van der Waals surface area contributed by atoms with Crippen LogP contribution in [0, 0.1) is 5.92 Å². The molecule has 0 fully saturated rings. The second-order valence-corrected chi connectivity index (χ2v) is 3.31. The first-order chi connectivity index (χ1) is 5.56. The van der Waals surface area contributed by atoms with E-state index in [2.05, 4.69) is 10.8 Å². The molecule has 4 heteroatoms. The Labute approximate surface area is 73.3 Å². The molecule has 3 N–H and O–H groups in total. The van der Waals surface area contributed by atoms with E-state index in [9.17, 15) is 4.79 Å². The van der Waals surface area contributed by atoms with Crippen LogP contribution in [0.3, 0.4) is 0 Å². The number of amides is 1. The second-order valence-electron chi connectivity index (χ2n) is 3.31. The van der Waals surface area contributed by atoms with Crippen molar-refractivity contribution in [2.75, 3.05) is 6.54 Å². The first-order valence-corrected chi connectivity index (χ1v) is 4.20. The number of hydroxylamine groups is 1. The zero-order valence-electron chi connectivity index (χ0n) is 7.92. The second kappa shape index (κ2) is 5.97. The van der Waals surface area contributed by atoms with Crippen molar-refractivity contribution < 1.29 is 10.0 Å². The van der Waals surface area contributed by atoms with Gasteiger partial charge in [0.15, 0.2) is 0 Å². The van der Waals surface area contributed by atoms with E-state index in [0.717, 1.165) is 6.42 Å². The van der Waals surface area contributed by atoms with E-state index in [1.165, 1.54) is 6.92 Å². The normalized spacial score (nSPS) is 15.3. The third kappa shape index (κ3) is 6.12. The van der Waals surface area contributed by atoms with Crippen LogP contribution in [-0.2, 0) is 4.79 Å². The van der Waals surface area contributed by atoms with Gasteiger partial charge < -0.3 is 10.5 Å². The quantitative estimate of drug-likeness (QED) is 0.532. The van der Waals surface area contributed by atoms with Crippen LogP contribution in [0.1, 0.15) is 27.2 Å². The molecule has 0 aliphatic rings. The van der Waals surface area contributed by atoms with Gasteiger partial charge in [0.1, 0.15) is 0 Å². The fraction of sp³-hybridized carbons (Fsp3) is 0.875. The summed E-state index contributed by atoms with van der Waals surface area (Å²) in [6, 6.07) is 0.0776. The van der Waals surface area contributed by atoms with Crippen LogP contribution in [-0.4, -0.2) is 23.7 Å². The minimum atomic E-state index is -0.00791. The van der Waals surface area contributed by atoms with Crippen LogP contribution >= 0.6 is 0 Å². The third-order valence-corrected chi connectivity index (χ3v) is 1.68. The summed E-state index contributed by atoms with van der Waals surface area (Å²) in [5, 5.41) is 11.3. The van der Waals surface area contributed by atoms with Gasteiger partial charge in [0.2, 0.25) is 5.91 Å². The Kier molecular flexibility index (Phi) is 5.66. The van der Waals surface area contributed by atoms with Crippen molar-refractivity contribution in [1.29, 1.82) is 0 Å². The third-order valence-electron chi connectivity index (χ3n) is 1.68. The molecule has 0 rings (SSSR count). The molecule has 0 aliphatic heterocycles. The highest BCUT2D eigenvalue weighted by molar-refractivity contribution is 5.72. The highest BCUT2D eigenvalue weighted by Gasteiger charge is 2.07. The molecule has 0 saturated carbocycles. The Morgan fingerprint density at radius 2 is 2.08 bits per heavy atom. The maximum Gasteiger partial charge on any atom is 0.216 e. The highest BCUT2D eigenvalue weighted by Crippen LogP contribution is 2.03. The summed E-state index contributed by atoms with van der Waals surface area (Å²) in [6.07, 6.45) is 0.844. The summed E-state index contributed by atoms with van der Waals surface area (Å²) in [7, 11) is 0. The number of hydrogen-bond donors (Lipinski definition) is 3. The smallest absolute Gasteiger partial charge is 0.216 e. The van der Waals surface area contributed by atoms with E-state index in [1.807, 2.05) is 13.8 Å². The Morgan fingerprint density at radius 1 is 1.50 bits per heavy atom. The molecular weight excluding hydrogens is 156 g/mol. The molecule has 4 nitrogen and oxygen atoms in total. The first kappa shape index (κ1) is 11.4. The minimum Gasteiger partial charge on any atom is -0.356 e. The average Bonchev–Trinajstić information content (AvgIpc) is 2.00. The van der Waals surface area contributed by atoms with E-state index in [-0.39, 0.29) is 11.9 Å². The summed E-state index contributed by atoms with van der Waals surface area (Å²) in [6.45, 7) is 6.09. The minimum absolute atomic E-state index is 0.00791. The lowest BCUT2D eigenvalue weighted by molar-refractivity contribution is -0.119. The molecule has 0 aromatic heterocycles. The zero-order valence-corrected chi connectivity index (χ0v) is 7.92. The maximum absolute atomic E-state index is 10.5. The fourth-order valence-electron chi connectivity index (χ4n) is 1.06. The molecule has 12 heavy (non-hydrogen) atoms. The molecule has 0 aliphatic carbocycles. The SMILES string of the molecule is CC(=O)NCC(C)CC(C)NO. The zero-order chi connectivity index (χ0) is 9.56. The van der Waals surface area contributed by atoms with Gasteiger partial charge in [0.25, 0.3) is 0 Å². The predicted octanol–water partition coefficient (Wildman–Crippen LogP) is 0.516. The lowest BCUT2D eigenvalue weighted by Crippen LogP contribution is -2.30. The standard InChI is InChI=1S/C8H18N2O2/c1-6(4-7(2)10-12)5-9-8(3)11/h6-7,10,12H,4-5H2,1-3H3,(H,9,11). The van der Waals surface area contributed by atoms with Crippen LogP contribution < -0.4 is 10.8 Å². The van der Waals surface area contributed by atoms with Crippen molar-refractivity contribution in [1.82, 2.24) is 10.8 Å². The monoisotopic (exact) mass is 174 g/mol. The van der Waals surface area contributed by atoms with Crippen molar-refractivity contribution in [3.63, 3.8) is 0 Å². The Hall–Kier alpha value is -0.610. The Bertz CT molecular complexity index is 139. The molecule has 0 heterocycles. The van der Waals surface area contributed by atoms with Gasteiger partial charge in [-0.15, -0.1) is 0 Å². The van der Waals surface area contributed by atoms with E-state index in [1.54, 1.807) is 0 Å². The van der Waals surface area contributed by atoms with Crippen molar-refractivity contribution in [2.24, 2.45) is 5.92 Å². The van der Waals surface area contributed by atoms with Gasteiger partial charge in [0.05, 0.1) is 0 Å². The van der Waals surface area contributed by atoms with Gasteiger partial charge in [-0.1, -0.05) is 6.92 Å². The van der Waals surface area contributed by atoms with E-state index >= 15 is 0 Å².